The molecule has 0 aliphatic heterocycles. The Morgan fingerprint density at radius 2 is 1.94 bits per heavy atom. The van der Waals surface area contributed by atoms with E-state index in [4.69, 9.17) is 0 Å². The molecule has 0 amide bonds. The highest BCUT2D eigenvalue weighted by Gasteiger charge is 2.08. The molecule has 0 aliphatic carbocycles. The van der Waals surface area contributed by atoms with E-state index in [1.165, 1.54) is 18.3 Å². The first kappa shape index (κ1) is 11.5. The van der Waals surface area contributed by atoms with E-state index in [9.17, 15) is 9.50 Å². The summed E-state index contributed by atoms with van der Waals surface area (Å²) in [5.41, 5.74) is 0.788. The van der Waals surface area contributed by atoms with Crippen molar-refractivity contribution in [1.29, 1.82) is 0 Å². The molecule has 0 bridgehead atoms. The van der Waals surface area contributed by atoms with Crippen LogP contribution in [0.4, 0.5) is 10.2 Å². The number of aliphatic hydroxyl groups is 1. The van der Waals surface area contributed by atoms with E-state index >= 15 is 0 Å². The molecule has 1 unspecified atom stereocenters. The van der Waals surface area contributed by atoms with Gasteiger partial charge in [-0.1, -0.05) is 30.3 Å². The molecule has 0 saturated heterocycles. The topological polar surface area (TPSA) is 45.1 Å². The molecule has 1 atom stereocenters. The van der Waals surface area contributed by atoms with Crippen molar-refractivity contribution in [1.82, 2.24) is 4.98 Å². The van der Waals surface area contributed by atoms with Crippen LogP contribution in [0.5, 0.6) is 0 Å². The van der Waals surface area contributed by atoms with E-state index in [1.54, 1.807) is 0 Å². The third-order valence-electron chi connectivity index (χ3n) is 2.41. The molecule has 4 heteroatoms. The Bertz CT molecular complexity index is 476. The van der Waals surface area contributed by atoms with Gasteiger partial charge in [-0.2, -0.15) is 0 Å². The number of aliphatic hydroxyl groups excluding tert-OH is 1. The first-order chi connectivity index (χ1) is 8.27. The zero-order valence-corrected chi connectivity index (χ0v) is 9.18. The number of rotatable bonds is 4. The summed E-state index contributed by atoms with van der Waals surface area (Å²) in [7, 11) is 0. The van der Waals surface area contributed by atoms with Crippen molar-refractivity contribution in [2.45, 2.75) is 6.10 Å². The maximum Gasteiger partial charge on any atom is 0.165 e. The minimum Gasteiger partial charge on any atom is -0.387 e. The van der Waals surface area contributed by atoms with Crippen LogP contribution in [0.2, 0.25) is 0 Å². The third-order valence-corrected chi connectivity index (χ3v) is 2.41. The van der Waals surface area contributed by atoms with Gasteiger partial charge in [-0.25, -0.2) is 9.37 Å². The second kappa shape index (κ2) is 5.41. The van der Waals surface area contributed by atoms with Gasteiger partial charge in [-0.05, 0) is 17.7 Å². The van der Waals surface area contributed by atoms with Crippen molar-refractivity contribution >= 4 is 5.82 Å². The molecular weight excluding hydrogens is 219 g/mol. The molecule has 0 spiro atoms. The maximum atomic E-state index is 13.2. The summed E-state index contributed by atoms with van der Waals surface area (Å²) in [6.07, 6.45) is 0.818. The Kier molecular flexibility index (Phi) is 3.67. The molecule has 0 saturated carbocycles. The quantitative estimate of drug-likeness (QED) is 0.850. The van der Waals surface area contributed by atoms with Crippen LogP contribution in [0.3, 0.4) is 0 Å². The van der Waals surface area contributed by atoms with Gasteiger partial charge in [0.15, 0.2) is 11.6 Å². The highest BCUT2D eigenvalue weighted by atomic mass is 19.1. The molecule has 0 radical (unpaired) electrons. The summed E-state index contributed by atoms with van der Waals surface area (Å²) in [6.45, 7) is 0.220. The SMILES string of the molecule is OC(CNc1ncccc1F)c1ccccc1. The Balaban J connectivity index is 1.97. The highest BCUT2D eigenvalue weighted by molar-refractivity contribution is 5.36. The molecule has 1 aromatic heterocycles. The number of nitrogens with one attached hydrogen (secondary N) is 1. The van der Waals surface area contributed by atoms with Crippen LogP contribution in [0, 0.1) is 5.82 Å². The first-order valence-electron chi connectivity index (χ1n) is 5.35. The molecular formula is C13H13FN2O. The lowest BCUT2D eigenvalue weighted by atomic mass is 10.1. The summed E-state index contributed by atoms with van der Waals surface area (Å²) in [5, 5.41) is 12.6. The minimum absolute atomic E-state index is 0.155. The van der Waals surface area contributed by atoms with Gasteiger partial charge in [0.2, 0.25) is 0 Å². The molecule has 1 heterocycles. The van der Waals surface area contributed by atoms with Gasteiger partial charge in [-0.15, -0.1) is 0 Å². The minimum atomic E-state index is -0.683. The largest absolute Gasteiger partial charge is 0.387 e. The number of aromatic nitrogens is 1. The van der Waals surface area contributed by atoms with Crippen LogP contribution >= 0.6 is 0 Å². The lowest BCUT2D eigenvalue weighted by molar-refractivity contribution is 0.191. The van der Waals surface area contributed by atoms with Gasteiger partial charge in [0.05, 0.1) is 6.10 Å². The van der Waals surface area contributed by atoms with Gasteiger partial charge in [-0.3, -0.25) is 0 Å². The number of halogens is 1. The summed E-state index contributed by atoms with van der Waals surface area (Å²) in [5.74, 6) is -0.268. The molecule has 3 nitrogen and oxygen atoms in total. The van der Waals surface area contributed by atoms with Gasteiger partial charge in [0.25, 0.3) is 0 Å². The van der Waals surface area contributed by atoms with E-state index in [0.29, 0.717) is 0 Å². The van der Waals surface area contributed by atoms with Gasteiger partial charge < -0.3 is 10.4 Å². The summed E-state index contributed by atoms with van der Waals surface area (Å²) < 4.78 is 13.2. The van der Waals surface area contributed by atoms with Crippen molar-refractivity contribution in [2.24, 2.45) is 0 Å². The molecule has 2 rings (SSSR count). The fourth-order valence-corrected chi connectivity index (χ4v) is 1.50. The normalized spacial score (nSPS) is 12.1. The van der Waals surface area contributed by atoms with E-state index in [-0.39, 0.29) is 12.4 Å². The molecule has 17 heavy (non-hydrogen) atoms. The van der Waals surface area contributed by atoms with Crippen molar-refractivity contribution in [3.63, 3.8) is 0 Å². The smallest absolute Gasteiger partial charge is 0.165 e. The Morgan fingerprint density at radius 1 is 1.18 bits per heavy atom. The summed E-state index contributed by atoms with van der Waals surface area (Å²) in [6, 6.07) is 12.1. The average Bonchev–Trinajstić information content (AvgIpc) is 2.38. The number of hydrogen-bond donors (Lipinski definition) is 2. The zero-order chi connectivity index (χ0) is 12.1. The zero-order valence-electron chi connectivity index (χ0n) is 9.18. The predicted octanol–water partition coefficient (Wildman–Crippen LogP) is 2.37. The molecule has 1 aromatic carbocycles. The average molecular weight is 232 g/mol. The lowest BCUT2D eigenvalue weighted by Crippen LogP contribution is -2.13. The summed E-state index contributed by atoms with van der Waals surface area (Å²) in [4.78, 5) is 3.85. The monoisotopic (exact) mass is 232 g/mol. The number of pyridine rings is 1. The van der Waals surface area contributed by atoms with Crippen molar-refractivity contribution < 1.29 is 9.50 Å². The van der Waals surface area contributed by atoms with Gasteiger partial charge >= 0.3 is 0 Å². The van der Waals surface area contributed by atoms with Crippen LogP contribution in [-0.4, -0.2) is 16.6 Å². The van der Waals surface area contributed by atoms with Gasteiger partial charge in [0, 0.05) is 12.7 Å². The van der Waals surface area contributed by atoms with Crippen molar-refractivity contribution in [3.05, 3.63) is 60.0 Å². The van der Waals surface area contributed by atoms with Crippen LogP contribution < -0.4 is 5.32 Å². The van der Waals surface area contributed by atoms with E-state index in [1.807, 2.05) is 30.3 Å². The lowest BCUT2D eigenvalue weighted by Gasteiger charge is -2.12. The Morgan fingerprint density at radius 3 is 2.65 bits per heavy atom. The van der Waals surface area contributed by atoms with E-state index in [0.717, 1.165) is 5.56 Å². The fourth-order valence-electron chi connectivity index (χ4n) is 1.50. The number of hydrogen-bond acceptors (Lipinski definition) is 3. The number of benzene rings is 1. The highest BCUT2D eigenvalue weighted by Crippen LogP contribution is 2.14. The predicted molar refractivity (Wildman–Crippen MR) is 64.1 cm³/mol. The maximum absolute atomic E-state index is 13.2. The Labute approximate surface area is 98.9 Å². The van der Waals surface area contributed by atoms with Gasteiger partial charge in [0.1, 0.15) is 0 Å². The van der Waals surface area contributed by atoms with E-state index in [2.05, 4.69) is 10.3 Å². The fraction of sp³-hybridized carbons (Fsp3) is 0.154. The third kappa shape index (κ3) is 3.01. The first-order valence-corrected chi connectivity index (χ1v) is 5.35. The number of nitrogens with zero attached hydrogens (tertiary/aromatic N) is 1. The van der Waals surface area contributed by atoms with Crippen molar-refractivity contribution in [2.75, 3.05) is 11.9 Å². The molecule has 0 aliphatic rings. The standard InChI is InChI=1S/C13H13FN2O/c14-11-7-4-8-15-13(11)16-9-12(17)10-5-2-1-3-6-10/h1-8,12,17H,9H2,(H,15,16). The van der Waals surface area contributed by atoms with Crippen molar-refractivity contribution in [3.8, 4) is 0 Å². The second-order valence-corrected chi connectivity index (χ2v) is 3.64. The molecule has 88 valence electrons. The van der Waals surface area contributed by atoms with E-state index < -0.39 is 11.9 Å². The Hall–Kier alpha value is -1.94. The van der Waals surface area contributed by atoms with Crippen LogP contribution in [0.25, 0.3) is 0 Å². The van der Waals surface area contributed by atoms with Crippen LogP contribution in [-0.2, 0) is 0 Å². The molecule has 2 N–H and O–H groups in total. The number of anilines is 1. The molecule has 2 aromatic rings. The van der Waals surface area contributed by atoms with Crippen LogP contribution in [0.15, 0.2) is 48.7 Å². The summed E-state index contributed by atoms with van der Waals surface area (Å²) >= 11 is 0. The molecule has 0 fully saturated rings. The van der Waals surface area contributed by atoms with Crippen LogP contribution in [0.1, 0.15) is 11.7 Å². The second-order valence-electron chi connectivity index (χ2n) is 3.64.